The number of hydrogen-bond donors (Lipinski definition) is 3. The lowest BCUT2D eigenvalue weighted by atomic mass is 10.2. The first-order valence-corrected chi connectivity index (χ1v) is 8.11. The number of aromatic nitrogens is 1. The second-order valence-electron chi connectivity index (χ2n) is 5.31. The van der Waals surface area contributed by atoms with E-state index in [9.17, 15) is 9.59 Å². The summed E-state index contributed by atoms with van der Waals surface area (Å²) in [6.07, 6.45) is 2.31. The van der Waals surface area contributed by atoms with E-state index in [0.29, 0.717) is 42.4 Å². The number of nitrogens with two attached hydrogens (primary N) is 1. The lowest BCUT2D eigenvalue weighted by molar-refractivity contribution is -0.116. The molecule has 2 aromatic rings. The molecule has 4 N–H and O–H groups in total. The highest BCUT2D eigenvalue weighted by molar-refractivity contribution is 5.97. The SMILES string of the molecule is CCOc1ccccc1C(=O)NCCCC(=O)Nc1ccc(N)nc1.Cl. The van der Waals surface area contributed by atoms with E-state index < -0.39 is 0 Å². The lowest BCUT2D eigenvalue weighted by Gasteiger charge is -2.10. The molecule has 1 aromatic heterocycles. The van der Waals surface area contributed by atoms with E-state index in [2.05, 4.69) is 15.6 Å². The van der Waals surface area contributed by atoms with Crippen LogP contribution < -0.4 is 21.1 Å². The van der Waals surface area contributed by atoms with Gasteiger partial charge >= 0.3 is 0 Å². The van der Waals surface area contributed by atoms with Crippen molar-refractivity contribution in [2.45, 2.75) is 19.8 Å². The molecule has 2 rings (SSSR count). The Morgan fingerprint density at radius 3 is 2.65 bits per heavy atom. The molecule has 0 unspecified atom stereocenters. The van der Waals surface area contributed by atoms with Crippen LogP contribution in [0.5, 0.6) is 5.75 Å². The molecule has 0 bridgehead atoms. The summed E-state index contributed by atoms with van der Waals surface area (Å²) in [4.78, 5) is 27.9. The Hall–Kier alpha value is -2.80. The molecule has 2 amide bonds. The van der Waals surface area contributed by atoms with Crippen LogP contribution in [0.3, 0.4) is 0 Å². The Bertz CT molecular complexity index is 723. The van der Waals surface area contributed by atoms with E-state index in [1.807, 2.05) is 13.0 Å². The minimum Gasteiger partial charge on any atom is -0.493 e. The Kier molecular flexibility index (Phi) is 8.94. The van der Waals surface area contributed by atoms with E-state index >= 15 is 0 Å². The van der Waals surface area contributed by atoms with E-state index in [1.165, 1.54) is 6.20 Å². The number of ether oxygens (including phenoxy) is 1. The number of carbonyl (C=O) groups excluding carboxylic acids is 2. The monoisotopic (exact) mass is 378 g/mol. The van der Waals surface area contributed by atoms with Crippen molar-refractivity contribution < 1.29 is 14.3 Å². The zero-order valence-electron chi connectivity index (χ0n) is 14.5. The van der Waals surface area contributed by atoms with Crippen LogP contribution in [0.4, 0.5) is 11.5 Å². The highest BCUT2D eigenvalue weighted by Gasteiger charge is 2.11. The van der Waals surface area contributed by atoms with Crippen molar-refractivity contribution in [3.05, 3.63) is 48.2 Å². The number of nitrogens with one attached hydrogen (secondary N) is 2. The quantitative estimate of drug-likeness (QED) is 0.612. The summed E-state index contributed by atoms with van der Waals surface area (Å²) in [6, 6.07) is 10.4. The predicted octanol–water partition coefficient (Wildman–Crippen LogP) is 2.63. The number of para-hydroxylation sites is 1. The summed E-state index contributed by atoms with van der Waals surface area (Å²) in [7, 11) is 0. The minimum atomic E-state index is -0.216. The zero-order valence-corrected chi connectivity index (χ0v) is 15.3. The van der Waals surface area contributed by atoms with Gasteiger partial charge in [-0.1, -0.05) is 12.1 Å². The van der Waals surface area contributed by atoms with Crippen molar-refractivity contribution in [3.8, 4) is 5.75 Å². The smallest absolute Gasteiger partial charge is 0.255 e. The summed E-state index contributed by atoms with van der Waals surface area (Å²) in [5.41, 5.74) is 6.57. The first kappa shape index (κ1) is 21.2. The van der Waals surface area contributed by atoms with Gasteiger partial charge in [0, 0.05) is 13.0 Å². The van der Waals surface area contributed by atoms with Gasteiger partial charge < -0.3 is 21.1 Å². The standard InChI is InChI=1S/C18H22N4O3.ClH/c1-2-25-15-7-4-3-6-14(15)18(24)20-11-5-8-17(23)22-13-9-10-16(19)21-12-13;/h3-4,6-7,9-10,12H,2,5,8,11H2,1H3,(H2,19,21)(H,20,24)(H,22,23);1H. The van der Waals surface area contributed by atoms with Crippen molar-refractivity contribution in [2.24, 2.45) is 0 Å². The van der Waals surface area contributed by atoms with Gasteiger partial charge in [0.25, 0.3) is 5.91 Å². The molecule has 8 heteroatoms. The number of halogens is 1. The van der Waals surface area contributed by atoms with Gasteiger partial charge in [-0.2, -0.15) is 0 Å². The van der Waals surface area contributed by atoms with Gasteiger partial charge in [0.15, 0.2) is 0 Å². The normalized spacial score (nSPS) is 9.73. The number of rotatable bonds is 8. The molecule has 0 radical (unpaired) electrons. The van der Waals surface area contributed by atoms with Crippen LogP contribution in [-0.2, 0) is 4.79 Å². The molecule has 0 aliphatic carbocycles. The van der Waals surface area contributed by atoms with Gasteiger partial charge in [-0.3, -0.25) is 9.59 Å². The van der Waals surface area contributed by atoms with Crippen LogP contribution >= 0.6 is 12.4 Å². The van der Waals surface area contributed by atoms with Crippen LogP contribution in [0.1, 0.15) is 30.1 Å². The molecule has 1 aromatic carbocycles. The molecule has 7 nitrogen and oxygen atoms in total. The van der Waals surface area contributed by atoms with Gasteiger partial charge in [0.2, 0.25) is 5.91 Å². The largest absolute Gasteiger partial charge is 0.493 e. The molecule has 0 saturated heterocycles. The molecule has 140 valence electrons. The third kappa shape index (κ3) is 6.60. The second-order valence-corrected chi connectivity index (χ2v) is 5.31. The number of nitrogen functional groups attached to an aromatic ring is 1. The summed E-state index contributed by atoms with van der Waals surface area (Å²) >= 11 is 0. The van der Waals surface area contributed by atoms with Crippen LogP contribution in [0, 0.1) is 0 Å². The highest BCUT2D eigenvalue weighted by Crippen LogP contribution is 2.17. The van der Waals surface area contributed by atoms with Gasteiger partial charge in [-0.25, -0.2) is 4.98 Å². The Morgan fingerprint density at radius 1 is 1.19 bits per heavy atom. The van der Waals surface area contributed by atoms with Gasteiger partial charge in [0.1, 0.15) is 11.6 Å². The second kappa shape index (κ2) is 10.9. The number of amides is 2. The summed E-state index contributed by atoms with van der Waals surface area (Å²) < 4.78 is 5.44. The van der Waals surface area contributed by atoms with Gasteiger partial charge in [-0.15, -0.1) is 12.4 Å². The molecular weight excluding hydrogens is 356 g/mol. The third-order valence-corrected chi connectivity index (χ3v) is 3.37. The molecule has 0 fully saturated rings. The first-order chi connectivity index (χ1) is 12.1. The lowest BCUT2D eigenvalue weighted by Crippen LogP contribution is -2.26. The zero-order chi connectivity index (χ0) is 18.1. The van der Waals surface area contributed by atoms with E-state index in [0.717, 1.165) is 0 Å². The topological polar surface area (TPSA) is 106 Å². The van der Waals surface area contributed by atoms with E-state index in [4.69, 9.17) is 10.5 Å². The fourth-order valence-electron chi connectivity index (χ4n) is 2.18. The number of carbonyl (C=O) groups is 2. The summed E-state index contributed by atoms with van der Waals surface area (Å²) in [5, 5.41) is 5.52. The maximum atomic E-state index is 12.2. The molecule has 0 saturated carbocycles. The molecule has 0 atom stereocenters. The first-order valence-electron chi connectivity index (χ1n) is 8.11. The predicted molar refractivity (Wildman–Crippen MR) is 104 cm³/mol. The van der Waals surface area contributed by atoms with Crippen LogP contribution in [0.15, 0.2) is 42.6 Å². The Morgan fingerprint density at radius 2 is 1.96 bits per heavy atom. The van der Waals surface area contributed by atoms with Crippen molar-refractivity contribution >= 4 is 35.7 Å². The number of benzene rings is 1. The molecule has 26 heavy (non-hydrogen) atoms. The van der Waals surface area contributed by atoms with Crippen LogP contribution in [0.2, 0.25) is 0 Å². The maximum absolute atomic E-state index is 12.2. The number of hydrogen-bond acceptors (Lipinski definition) is 5. The fourth-order valence-corrected chi connectivity index (χ4v) is 2.18. The third-order valence-electron chi connectivity index (χ3n) is 3.37. The molecular formula is C18H23ClN4O3. The minimum absolute atomic E-state index is 0. The average molecular weight is 379 g/mol. The number of nitrogens with zero attached hydrogens (tertiary/aromatic N) is 1. The molecule has 0 spiro atoms. The number of pyridine rings is 1. The summed E-state index contributed by atoms with van der Waals surface area (Å²) in [5.74, 6) is 0.590. The van der Waals surface area contributed by atoms with E-state index in [-0.39, 0.29) is 30.6 Å². The van der Waals surface area contributed by atoms with Crippen molar-refractivity contribution in [2.75, 3.05) is 24.2 Å². The summed E-state index contributed by atoms with van der Waals surface area (Å²) in [6.45, 7) is 2.75. The highest BCUT2D eigenvalue weighted by atomic mass is 35.5. The van der Waals surface area contributed by atoms with Crippen molar-refractivity contribution in [1.29, 1.82) is 0 Å². The Balaban J connectivity index is 0.00000338. The average Bonchev–Trinajstić information content (AvgIpc) is 2.61. The van der Waals surface area contributed by atoms with Crippen molar-refractivity contribution in [1.82, 2.24) is 10.3 Å². The fraction of sp³-hybridized carbons (Fsp3) is 0.278. The van der Waals surface area contributed by atoms with E-state index in [1.54, 1.807) is 30.3 Å². The van der Waals surface area contributed by atoms with Gasteiger partial charge in [-0.05, 0) is 37.6 Å². The van der Waals surface area contributed by atoms with Gasteiger partial charge in [0.05, 0.1) is 24.1 Å². The Labute approximate surface area is 158 Å². The maximum Gasteiger partial charge on any atom is 0.255 e. The molecule has 1 heterocycles. The van der Waals surface area contributed by atoms with Crippen molar-refractivity contribution in [3.63, 3.8) is 0 Å². The van der Waals surface area contributed by atoms with Crippen LogP contribution in [-0.4, -0.2) is 29.9 Å². The molecule has 0 aliphatic heterocycles. The van der Waals surface area contributed by atoms with Crippen LogP contribution in [0.25, 0.3) is 0 Å². The number of anilines is 2. The molecule has 0 aliphatic rings.